The molecule has 5 heavy (non-hydrogen) atoms. The summed E-state index contributed by atoms with van der Waals surface area (Å²) in [6.45, 7) is 0. The summed E-state index contributed by atoms with van der Waals surface area (Å²) >= 11 is 0. The van der Waals surface area contributed by atoms with Gasteiger partial charge in [0.2, 0.25) is 0 Å². The third-order valence-electron chi connectivity index (χ3n) is 0.105. The van der Waals surface area contributed by atoms with E-state index in [-0.39, 0.29) is 0 Å². The fourth-order valence-electron chi connectivity index (χ4n) is 0. The molecule has 1 unspecified atom stereocenters. The van der Waals surface area contributed by atoms with Crippen LogP contribution in [-0.4, -0.2) is 4.69 Å². The van der Waals surface area contributed by atoms with Gasteiger partial charge in [-0.25, -0.2) is 0 Å². The average Bonchev–Trinajstić information content (AvgIpc) is 1.38. The highest BCUT2D eigenvalue weighted by atomic mass is 31.1. The molecule has 30 valence electrons. The summed E-state index contributed by atoms with van der Waals surface area (Å²) in [4.78, 5) is 9.06. The lowest BCUT2D eigenvalue weighted by Gasteiger charge is -1.72. The number of hydrogen-bond donors (Lipinski definition) is 1. The van der Waals surface area contributed by atoms with Crippen molar-refractivity contribution >= 4 is 8.88 Å². The highest BCUT2D eigenvalue weighted by Crippen LogP contribution is 1.90. The van der Waals surface area contributed by atoms with Gasteiger partial charge in [0, 0.05) is 4.69 Å². The Balaban J connectivity index is 2.85. The van der Waals surface area contributed by atoms with Crippen LogP contribution in [0, 0.1) is 10.1 Å². The van der Waals surface area contributed by atoms with Gasteiger partial charge in [-0.1, -0.05) is 0 Å². The Bertz CT molecular complexity index is 42.9. The van der Waals surface area contributed by atoms with E-state index in [1.54, 1.807) is 0 Å². The largest absolute Gasteiger partial charge is 0.310 e. The van der Waals surface area contributed by atoms with E-state index in [2.05, 4.69) is 5.50 Å². The second kappa shape index (κ2) is 2.05. The lowest BCUT2D eigenvalue weighted by Crippen LogP contribution is -1.83. The van der Waals surface area contributed by atoms with Crippen molar-refractivity contribution in [1.29, 1.82) is 0 Å². The van der Waals surface area contributed by atoms with Crippen LogP contribution in [0.5, 0.6) is 0 Å². The molecule has 1 atom stereocenters. The van der Waals surface area contributed by atoms with Gasteiger partial charge in [-0.05, 0) is 0 Å². The number of rotatable bonds is 1. The molecule has 0 amide bonds. The second-order valence-corrected chi connectivity index (χ2v) is 1.01. The Morgan fingerprint density at radius 2 is 2.20 bits per heavy atom. The molecule has 0 aliphatic carbocycles. The van der Waals surface area contributed by atoms with Crippen molar-refractivity contribution in [3.8, 4) is 0 Å². The Kier molecular flexibility index (Phi) is 1.97. The lowest BCUT2D eigenvalue weighted by atomic mass is 13.4. The van der Waals surface area contributed by atoms with Crippen molar-refractivity contribution in [2.24, 2.45) is 5.50 Å². The van der Waals surface area contributed by atoms with E-state index in [0.29, 0.717) is 0 Å². The van der Waals surface area contributed by atoms with Crippen molar-refractivity contribution in [2.75, 3.05) is 0 Å². The minimum absolute atomic E-state index is 0.569. The maximum atomic E-state index is 9.06. The fourth-order valence-corrected chi connectivity index (χ4v) is 0. The second-order valence-electron chi connectivity index (χ2n) is 0.386. The molecule has 0 radical (unpaired) electrons. The van der Waals surface area contributed by atoms with Gasteiger partial charge in [-0.15, -0.1) is 0 Å². The number of nitrogens with two attached hydrogens (primary N) is 1. The summed E-state index contributed by atoms with van der Waals surface area (Å²) in [6, 6.07) is 0. The summed E-state index contributed by atoms with van der Waals surface area (Å²) in [6.07, 6.45) is 0. The van der Waals surface area contributed by atoms with Crippen LogP contribution in [0.15, 0.2) is 0 Å². The Morgan fingerprint density at radius 3 is 2.20 bits per heavy atom. The molecule has 0 rings (SSSR count). The van der Waals surface area contributed by atoms with Crippen molar-refractivity contribution in [2.45, 2.75) is 0 Å². The van der Waals surface area contributed by atoms with Crippen molar-refractivity contribution in [3.63, 3.8) is 0 Å². The van der Waals surface area contributed by atoms with Gasteiger partial charge in [0.05, 0.1) is 0 Å². The van der Waals surface area contributed by atoms with E-state index in [0.717, 1.165) is 0 Å². The van der Waals surface area contributed by atoms with Crippen LogP contribution in [0.25, 0.3) is 0 Å². The molecule has 0 saturated carbocycles. The van der Waals surface area contributed by atoms with Gasteiger partial charge in [0.25, 0.3) is 0 Å². The first-order chi connectivity index (χ1) is 2.27. The number of nitro groups is 1. The Hall–Kier alpha value is -0.210. The molecule has 0 aromatic heterocycles. The zero-order valence-electron chi connectivity index (χ0n) is 2.34. The standard InChI is InChI=1S/H3N2O2P/c1-5-2(3)4/h5H,1H2. The molecule has 0 spiro atoms. The molecule has 0 aliphatic heterocycles. The third-order valence-corrected chi connectivity index (χ3v) is 0.316. The van der Waals surface area contributed by atoms with Crippen LogP contribution < -0.4 is 5.50 Å². The van der Waals surface area contributed by atoms with Crippen molar-refractivity contribution in [1.82, 2.24) is 0 Å². The van der Waals surface area contributed by atoms with E-state index in [1.165, 1.54) is 0 Å². The zero-order valence-corrected chi connectivity index (χ0v) is 3.34. The van der Waals surface area contributed by atoms with Gasteiger partial charge in [-0.2, -0.15) is 0 Å². The molecule has 0 aromatic carbocycles. The van der Waals surface area contributed by atoms with Crippen LogP contribution in [0.2, 0.25) is 0 Å². The minimum Gasteiger partial charge on any atom is -0.262 e. The van der Waals surface area contributed by atoms with E-state index < -0.39 is 13.6 Å². The summed E-state index contributed by atoms with van der Waals surface area (Å²) in [5.74, 6) is 0. The van der Waals surface area contributed by atoms with Gasteiger partial charge >= 0.3 is 8.88 Å². The molecule has 0 heterocycles. The molecule has 2 N–H and O–H groups in total. The molecule has 0 aliphatic rings. The van der Waals surface area contributed by atoms with E-state index in [1.807, 2.05) is 0 Å². The lowest BCUT2D eigenvalue weighted by molar-refractivity contribution is -0.295. The minimum atomic E-state index is -0.664. The molecular weight excluding hydrogens is 91.0 g/mol. The maximum absolute atomic E-state index is 9.06. The number of hydrogen-bond acceptors (Lipinski definition) is 3. The normalized spacial score (nSPS) is 9.80. The smallest absolute Gasteiger partial charge is 0.262 e. The van der Waals surface area contributed by atoms with Crippen LogP contribution >= 0.6 is 8.88 Å². The highest BCUT2D eigenvalue weighted by molar-refractivity contribution is 7.27. The van der Waals surface area contributed by atoms with Crippen molar-refractivity contribution < 1.29 is 4.69 Å². The first-order valence-corrected chi connectivity index (χ1v) is 1.90. The molecule has 0 aromatic rings. The average molecular weight is 94.0 g/mol. The summed E-state index contributed by atoms with van der Waals surface area (Å²) in [7, 11) is -0.664. The van der Waals surface area contributed by atoms with Crippen LogP contribution in [0.3, 0.4) is 0 Å². The monoisotopic (exact) mass is 94.0 g/mol. The Labute approximate surface area is 30.4 Å². The van der Waals surface area contributed by atoms with Gasteiger partial charge in [0.15, 0.2) is 0 Å². The van der Waals surface area contributed by atoms with Gasteiger partial charge < -0.3 is 0 Å². The quantitative estimate of drug-likeness (QED) is 0.276. The highest BCUT2D eigenvalue weighted by Gasteiger charge is 1.79. The molecule has 4 nitrogen and oxygen atoms in total. The maximum Gasteiger partial charge on any atom is 0.310 e. The Morgan fingerprint density at radius 1 is 2.00 bits per heavy atom. The van der Waals surface area contributed by atoms with Crippen molar-refractivity contribution in [3.05, 3.63) is 10.1 Å². The first-order valence-electron chi connectivity index (χ1n) is 0.877. The van der Waals surface area contributed by atoms with E-state index >= 15 is 0 Å². The summed E-state index contributed by atoms with van der Waals surface area (Å²) in [5.41, 5.74) is 4.50. The molecule has 0 bridgehead atoms. The van der Waals surface area contributed by atoms with E-state index in [4.69, 9.17) is 10.1 Å². The van der Waals surface area contributed by atoms with Gasteiger partial charge in [-0.3, -0.25) is 15.6 Å². The molecule has 0 saturated heterocycles. The molecule has 5 heteroatoms. The first kappa shape index (κ1) is 4.79. The van der Waals surface area contributed by atoms with Crippen LogP contribution in [-0.2, 0) is 0 Å². The summed E-state index contributed by atoms with van der Waals surface area (Å²) in [5, 5.41) is 9.06. The van der Waals surface area contributed by atoms with Crippen LogP contribution in [0.1, 0.15) is 0 Å². The predicted molar refractivity (Wildman–Crippen MR) is 19.5 cm³/mol. The topological polar surface area (TPSA) is 69.2 Å². The predicted octanol–water partition coefficient (Wildman–Crippen LogP) is -0.270. The molecule has 0 fully saturated rings. The zero-order chi connectivity index (χ0) is 4.28. The van der Waals surface area contributed by atoms with Gasteiger partial charge in [0.1, 0.15) is 0 Å². The number of nitrogens with zero attached hydrogens (tertiary/aromatic N) is 1. The van der Waals surface area contributed by atoms with Crippen LogP contribution in [0.4, 0.5) is 0 Å². The van der Waals surface area contributed by atoms with E-state index in [9.17, 15) is 0 Å². The summed E-state index contributed by atoms with van der Waals surface area (Å²) < 4.78 is -0.569. The SMILES string of the molecule is NP[N+](=O)[O-]. The third kappa shape index (κ3) is 3.79. The molecular formula is H3N2O2P. The fraction of sp³-hybridized carbons (Fsp3) is 0.